The zero-order valence-corrected chi connectivity index (χ0v) is 20.5. The van der Waals surface area contributed by atoms with E-state index in [1.54, 1.807) is 0 Å². The second-order valence-electron chi connectivity index (χ2n) is 9.50. The highest BCUT2D eigenvalue weighted by Gasteiger charge is 2.23. The quantitative estimate of drug-likeness (QED) is 0.491. The molecule has 2 aromatic rings. The third-order valence-corrected chi connectivity index (χ3v) is 6.88. The first-order valence-corrected chi connectivity index (χ1v) is 12.3. The van der Waals surface area contributed by atoms with Crippen LogP contribution >= 0.6 is 0 Å². The second-order valence-corrected chi connectivity index (χ2v) is 9.50. The fourth-order valence-electron chi connectivity index (χ4n) is 4.78. The van der Waals surface area contributed by atoms with E-state index in [4.69, 9.17) is 10.7 Å². The van der Waals surface area contributed by atoms with Gasteiger partial charge in [0.1, 0.15) is 5.82 Å². The molecule has 2 aliphatic rings. The van der Waals surface area contributed by atoms with Crippen LogP contribution in [0, 0.1) is 6.92 Å². The molecule has 0 unspecified atom stereocenters. The molecule has 9 heteroatoms. The summed E-state index contributed by atoms with van der Waals surface area (Å²) in [6.45, 7) is 8.20. The highest BCUT2D eigenvalue weighted by molar-refractivity contribution is 5.96. The van der Waals surface area contributed by atoms with E-state index in [0.717, 1.165) is 63.1 Å². The molecule has 5 N–H and O–H groups in total. The molecule has 2 heterocycles. The fraction of sp³-hybridized carbons (Fsp3) is 0.560. The van der Waals surface area contributed by atoms with Gasteiger partial charge in [-0.2, -0.15) is 0 Å². The first-order chi connectivity index (χ1) is 16.3. The number of likely N-dealkylation sites (N-methyl/N-ethyl adjacent to an activating group) is 1. The number of carbonyl (C=O) groups is 1. The number of nitrogens with two attached hydrogens (primary N) is 1. The average molecular weight is 468 g/mol. The number of nitrogens with one attached hydrogen (secondary N) is 2. The molecule has 1 aromatic heterocycles. The predicted molar refractivity (Wildman–Crippen MR) is 136 cm³/mol. The number of anilines is 4. The molecular weight excluding hydrogens is 430 g/mol. The van der Waals surface area contributed by atoms with Crippen molar-refractivity contribution in [1.82, 2.24) is 14.9 Å². The van der Waals surface area contributed by atoms with E-state index in [2.05, 4.69) is 51.5 Å². The van der Waals surface area contributed by atoms with E-state index < -0.39 is 5.91 Å². The van der Waals surface area contributed by atoms with Gasteiger partial charge in [-0.25, -0.2) is 9.97 Å². The van der Waals surface area contributed by atoms with Crippen LogP contribution in [0.25, 0.3) is 0 Å². The van der Waals surface area contributed by atoms with Crippen molar-refractivity contribution in [2.75, 3.05) is 48.8 Å². The van der Waals surface area contributed by atoms with Crippen LogP contribution in [-0.4, -0.2) is 71.3 Å². The molecule has 34 heavy (non-hydrogen) atoms. The smallest absolute Gasteiger partial charge is 0.271 e. The normalized spacial score (nSPS) is 21.4. The lowest BCUT2D eigenvalue weighted by atomic mass is 9.93. The van der Waals surface area contributed by atoms with Crippen LogP contribution in [0.2, 0.25) is 0 Å². The highest BCUT2D eigenvalue weighted by Crippen LogP contribution is 2.29. The maximum atomic E-state index is 12.2. The number of benzene rings is 1. The van der Waals surface area contributed by atoms with Crippen molar-refractivity contribution in [1.29, 1.82) is 0 Å². The Labute approximate surface area is 201 Å². The number of amides is 1. The number of hydrogen-bond acceptors (Lipinski definition) is 8. The molecule has 0 radical (unpaired) electrons. The van der Waals surface area contributed by atoms with Crippen LogP contribution in [0.3, 0.4) is 0 Å². The Kier molecular flexibility index (Phi) is 7.53. The minimum Gasteiger partial charge on any atom is -0.393 e. The Morgan fingerprint density at radius 1 is 1.12 bits per heavy atom. The third kappa shape index (κ3) is 5.59. The van der Waals surface area contributed by atoms with Gasteiger partial charge in [-0.15, -0.1) is 0 Å². The van der Waals surface area contributed by atoms with E-state index in [-0.39, 0.29) is 17.8 Å². The maximum Gasteiger partial charge on any atom is 0.271 e. The van der Waals surface area contributed by atoms with Gasteiger partial charge in [-0.1, -0.05) is 6.92 Å². The van der Waals surface area contributed by atoms with Crippen LogP contribution in [0.4, 0.5) is 23.0 Å². The SMILES string of the molecule is CCc1nc(C(N)=O)c(Nc2ccc(N3CCN(C)CC3)c(C)c2)nc1N[C@H]1CC[C@H](O)CC1. The molecule has 1 aliphatic heterocycles. The van der Waals surface area contributed by atoms with Crippen LogP contribution in [0.15, 0.2) is 18.2 Å². The zero-order valence-electron chi connectivity index (χ0n) is 20.5. The topological polar surface area (TPSA) is 120 Å². The second kappa shape index (κ2) is 10.6. The molecule has 1 amide bonds. The molecule has 184 valence electrons. The monoisotopic (exact) mass is 467 g/mol. The molecule has 4 rings (SSSR count). The number of nitrogens with zero attached hydrogens (tertiary/aromatic N) is 4. The average Bonchev–Trinajstić information content (AvgIpc) is 2.81. The van der Waals surface area contributed by atoms with Gasteiger partial charge in [0.25, 0.3) is 5.91 Å². The number of piperazine rings is 1. The summed E-state index contributed by atoms with van der Waals surface area (Å²) in [6.07, 6.45) is 3.70. The fourth-order valence-corrected chi connectivity index (χ4v) is 4.78. The van der Waals surface area contributed by atoms with Crippen LogP contribution in [0.5, 0.6) is 0 Å². The van der Waals surface area contributed by atoms with Crippen molar-refractivity contribution >= 4 is 28.9 Å². The van der Waals surface area contributed by atoms with Gasteiger partial charge in [0, 0.05) is 43.6 Å². The van der Waals surface area contributed by atoms with Crippen molar-refractivity contribution in [2.24, 2.45) is 5.73 Å². The lowest BCUT2D eigenvalue weighted by molar-refractivity contribution is 0.0996. The number of aliphatic hydroxyl groups is 1. The summed E-state index contributed by atoms with van der Waals surface area (Å²) >= 11 is 0. The molecule has 2 fully saturated rings. The van der Waals surface area contributed by atoms with Gasteiger partial charge in [0.05, 0.1) is 11.8 Å². The number of carbonyl (C=O) groups excluding carboxylic acids is 1. The van der Waals surface area contributed by atoms with Crippen molar-refractivity contribution < 1.29 is 9.90 Å². The minimum absolute atomic E-state index is 0.141. The van der Waals surface area contributed by atoms with Gasteiger partial charge >= 0.3 is 0 Å². The molecule has 1 aromatic carbocycles. The van der Waals surface area contributed by atoms with Gasteiger partial charge in [0.2, 0.25) is 0 Å². The largest absolute Gasteiger partial charge is 0.393 e. The summed E-state index contributed by atoms with van der Waals surface area (Å²) in [6, 6.07) is 6.42. The lowest BCUT2D eigenvalue weighted by Gasteiger charge is -2.35. The van der Waals surface area contributed by atoms with Crippen LogP contribution in [0.1, 0.15) is 54.4 Å². The van der Waals surface area contributed by atoms with E-state index in [9.17, 15) is 9.90 Å². The van der Waals surface area contributed by atoms with Crippen molar-refractivity contribution in [3.63, 3.8) is 0 Å². The molecule has 9 nitrogen and oxygen atoms in total. The molecule has 0 atom stereocenters. The predicted octanol–water partition coefficient (Wildman–Crippen LogP) is 2.66. The molecule has 0 bridgehead atoms. The first-order valence-electron chi connectivity index (χ1n) is 12.3. The number of primary amides is 1. The third-order valence-electron chi connectivity index (χ3n) is 6.88. The van der Waals surface area contributed by atoms with Crippen molar-refractivity contribution in [3.8, 4) is 0 Å². The van der Waals surface area contributed by atoms with E-state index >= 15 is 0 Å². The number of aliphatic hydroxyl groups excluding tert-OH is 1. The Morgan fingerprint density at radius 3 is 2.44 bits per heavy atom. The summed E-state index contributed by atoms with van der Waals surface area (Å²) in [7, 11) is 2.15. The summed E-state index contributed by atoms with van der Waals surface area (Å²) in [5.41, 5.74) is 9.74. The Hall–Kier alpha value is -2.91. The molecular formula is C25H37N7O2. The van der Waals surface area contributed by atoms with Gasteiger partial charge < -0.3 is 31.3 Å². The summed E-state index contributed by atoms with van der Waals surface area (Å²) < 4.78 is 0. The Morgan fingerprint density at radius 2 is 1.82 bits per heavy atom. The zero-order chi connectivity index (χ0) is 24.2. The van der Waals surface area contributed by atoms with Gasteiger partial charge in [-0.05, 0) is 69.8 Å². The molecule has 1 saturated heterocycles. The van der Waals surface area contributed by atoms with Gasteiger partial charge in [0.15, 0.2) is 11.5 Å². The molecule has 1 aliphatic carbocycles. The lowest BCUT2D eigenvalue weighted by Crippen LogP contribution is -2.44. The van der Waals surface area contributed by atoms with Gasteiger partial charge in [-0.3, -0.25) is 4.79 Å². The Balaban J connectivity index is 1.57. The molecule has 1 saturated carbocycles. The van der Waals surface area contributed by atoms with Crippen LogP contribution < -0.4 is 21.3 Å². The number of aryl methyl sites for hydroxylation is 2. The summed E-state index contributed by atoms with van der Waals surface area (Å²) in [5, 5.41) is 16.6. The highest BCUT2D eigenvalue weighted by atomic mass is 16.3. The molecule has 0 spiro atoms. The number of hydrogen-bond donors (Lipinski definition) is 4. The van der Waals surface area contributed by atoms with Crippen molar-refractivity contribution in [3.05, 3.63) is 35.2 Å². The maximum absolute atomic E-state index is 12.2. The number of rotatable bonds is 7. The van der Waals surface area contributed by atoms with E-state index in [1.807, 2.05) is 13.0 Å². The summed E-state index contributed by atoms with van der Waals surface area (Å²) in [5.74, 6) is 0.416. The Bertz CT molecular complexity index is 1010. The van der Waals surface area contributed by atoms with Crippen molar-refractivity contribution in [2.45, 2.75) is 58.1 Å². The number of aromatic nitrogens is 2. The summed E-state index contributed by atoms with van der Waals surface area (Å²) in [4.78, 5) is 26.3. The standard InChI is InChI=1S/C25H37N7O2/c1-4-20-24(27-17-5-8-19(33)9-6-17)30-25(22(29-20)23(26)34)28-18-7-10-21(16(2)15-18)32-13-11-31(3)12-14-32/h7,10,15,17,19,33H,4-6,8-9,11-14H2,1-3H3,(H2,26,34)(H2,27,28,30)/t17-,19-. The van der Waals surface area contributed by atoms with Crippen LogP contribution in [-0.2, 0) is 6.42 Å². The van der Waals surface area contributed by atoms with E-state index in [1.165, 1.54) is 5.69 Å². The minimum atomic E-state index is -0.609. The van der Waals surface area contributed by atoms with E-state index in [0.29, 0.717) is 23.8 Å². The first kappa shape index (κ1) is 24.2.